The predicted molar refractivity (Wildman–Crippen MR) is 242 cm³/mol. The summed E-state index contributed by atoms with van der Waals surface area (Å²) in [5.41, 5.74) is 17.9. The summed E-state index contributed by atoms with van der Waals surface area (Å²) in [6.07, 6.45) is 0. The van der Waals surface area contributed by atoms with E-state index in [9.17, 15) is 0 Å². The lowest BCUT2D eigenvalue weighted by atomic mass is 9.84. The van der Waals surface area contributed by atoms with Crippen molar-refractivity contribution in [2.75, 3.05) is 0 Å². The van der Waals surface area contributed by atoms with Gasteiger partial charge in [0.25, 0.3) is 0 Å². The maximum absolute atomic E-state index is 5.22. The molecule has 1 heterocycles. The third-order valence-electron chi connectivity index (χ3n) is 10.3. The molecule has 8 aromatic rings. The van der Waals surface area contributed by atoms with Gasteiger partial charge in [0, 0.05) is 28.2 Å². The number of hydrogen-bond donors (Lipinski definition) is 0. The van der Waals surface area contributed by atoms with Crippen molar-refractivity contribution in [1.29, 1.82) is 0 Å². The van der Waals surface area contributed by atoms with E-state index in [1.807, 2.05) is 44.2 Å². The number of pyridine rings is 1. The zero-order chi connectivity index (χ0) is 39.1. The van der Waals surface area contributed by atoms with Crippen molar-refractivity contribution in [2.45, 2.75) is 20.8 Å². The molecule has 3 nitrogen and oxygen atoms in total. The van der Waals surface area contributed by atoms with Gasteiger partial charge in [-0.15, -0.1) is 0 Å². The van der Waals surface area contributed by atoms with Gasteiger partial charge < -0.3 is 0 Å². The Balaban J connectivity index is 1.23. The van der Waals surface area contributed by atoms with Gasteiger partial charge in [-0.2, -0.15) is 0 Å². The smallest absolute Gasteiger partial charge is 0.160 e. The summed E-state index contributed by atoms with van der Waals surface area (Å²) >= 11 is 0. The number of nitrogens with zero attached hydrogens (tertiary/aromatic N) is 3. The van der Waals surface area contributed by atoms with Crippen molar-refractivity contribution >= 4 is 17.2 Å². The van der Waals surface area contributed by atoms with E-state index in [2.05, 4.69) is 177 Å². The molecule has 0 unspecified atom stereocenters. The molecule has 1 aromatic heterocycles. The molecule has 0 fully saturated rings. The third-order valence-corrected chi connectivity index (χ3v) is 10.3. The molecule has 0 N–H and O–H groups in total. The summed E-state index contributed by atoms with van der Waals surface area (Å²) in [5, 5.41) is 0. The molecule has 0 aliphatic carbocycles. The summed E-state index contributed by atoms with van der Waals surface area (Å²) in [4.78, 5) is 15.0. The van der Waals surface area contributed by atoms with E-state index >= 15 is 0 Å². The van der Waals surface area contributed by atoms with Gasteiger partial charge in [-0.05, 0) is 106 Å². The van der Waals surface area contributed by atoms with E-state index in [1.54, 1.807) is 0 Å². The Bertz CT molecular complexity index is 2670. The topological polar surface area (TPSA) is 37.6 Å². The minimum Gasteiger partial charge on any atom is -0.258 e. The molecule has 0 saturated heterocycles. The van der Waals surface area contributed by atoms with E-state index in [-0.39, 0.29) is 0 Å². The number of amidine groups is 1. The molecule has 0 bridgehead atoms. The maximum Gasteiger partial charge on any atom is 0.160 e. The lowest BCUT2D eigenvalue weighted by Crippen LogP contribution is -2.05. The van der Waals surface area contributed by atoms with Crippen LogP contribution in [0.15, 0.2) is 211 Å². The van der Waals surface area contributed by atoms with Crippen LogP contribution >= 0.6 is 0 Å². The van der Waals surface area contributed by atoms with E-state index in [4.69, 9.17) is 15.0 Å². The van der Waals surface area contributed by atoms with Crippen LogP contribution in [0.5, 0.6) is 0 Å². The number of rotatable bonds is 9. The van der Waals surface area contributed by atoms with Gasteiger partial charge in [-0.3, -0.25) is 4.98 Å². The molecule has 0 saturated carbocycles. The van der Waals surface area contributed by atoms with Crippen molar-refractivity contribution in [3.05, 3.63) is 229 Å². The van der Waals surface area contributed by atoms with Crippen LogP contribution in [0.3, 0.4) is 0 Å². The monoisotopic (exact) mass is 733 g/mol. The molecule has 0 aliphatic rings. The van der Waals surface area contributed by atoms with Gasteiger partial charge in [0.15, 0.2) is 5.84 Å². The molecule has 0 spiro atoms. The second kappa shape index (κ2) is 16.6. The average molecular weight is 734 g/mol. The lowest BCUT2D eigenvalue weighted by Gasteiger charge is -2.19. The summed E-state index contributed by atoms with van der Waals surface area (Å²) < 4.78 is 0. The first-order valence-corrected chi connectivity index (χ1v) is 19.3. The van der Waals surface area contributed by atoms with Crippen molar-refractivity contribution < 1.29 is 0 Å². The Kier molecular flexibility index (Phi) is 10.7. The maximum atomic E-state index is 5.22. The number of hydrogen-bond acceptors (Lipinski definition) is 2. The second-order valence-corrected chi connectivity index (χ2v) is 14.2. The van der Waals surface area contributed by atoms with Gasteiger partial charge in [0.1, 0.15) is 0 Å². The fraction of sp³-hybridized carbons (Fsp3) is 0.0556. The summed E-state index contributed by atoms with van der Waals surface area (Å²) in [6, 6.07) is 68.1. The second-order valence-electron chi connectivity index (χ2n) is 14.2. The highest BCUT2D eigenvalue weighted by Gasteiger charge is 2.18. The van der Waals surface area contributed by atoms with Gasteiger partial charge in [0.2, 0.25) is 0 Å². The largest absolute Gasteiger partial charge is 0.258 e. The van der Waals surface area contributed by atoms with Crippen molar-refractivity contribution in [3.63, 3.8) is 0 Å². The van der Waals surface area contributed by atoms with Gasteiger partial charge in [-0.1, -0.05) is 176 Å². The van der Waals surface area contributed by atoms with Crippen molar-refractivity contribution in [2.24, 2.45) is 9.98 Å². The Morgan fingerprint density at radius 2 is 0.947 bits per heavy atom. The number of aliphatic imine (C=N–C) groups is 2. The molecular weight excluding hydrogens is 691 g/mol. The summed E-state index contributed by atoms with van der Waals surface area (Å²) in [7, 11) is 0. The quantitative estimate of drug-likeness (QED) is 0.107. The van der Waals surface area contributed by atoms with Gasteiger partial charge in [0.05, 0.1) is 5.70 Å². The van der Waals surface area contributed by atoms with Crippen LogP contribution in [-0.4, -0.2) is 16.5 Å². The molecular formula is C54H43N3. The summed E-state index contributed by atoms with van der Waals surface area (Å²) in [5.74, 6) is 0.597. The summed E-state index contributed by atoms with van der Waals surface area (Å²) in [6.45, 7) is 10.5. The molecule has 0 atom stereocenters. The Labute approximate surface area is 336 Å². The predicted octanol–water partition coefficient (Wildman–Crippen LogP) is 14.0. The van der Waals surface area contributed by atoms with Crippen LogP contribution < -0.4 is 0 Å². The minimum atomic E-state index is 0.597. The zero-order valence-electron chi connectivity index (χ0n) is 32.5. The van der Waals surface area contributed by atoms with Crippen LogP contribution in [0.4, 0.5) is 0 Å². The van der Waals surface area contributed by atoms with E-state index in [0.29, 0.717) is 11.5 Å². The molecule has 0 amide bonds. The van der Waals surface area contributed by atoms with Crippen LogP contribution in [0.25, 0.3) is 61.3 Å². The van der Waals surface area contributed by atoms with Gasteiger partial charge in [-0.25, -0.2) is 9.98 Å². The van der Waals surface area contributed by atoms with E-state index in [0.717, 1.165) is 50.5 Å². The SMILES string of the molecule is C=C(/N=C(\N=C(/C)c1ccc(-c2c(-c3ccccc3)cc(-c3ccccc3)cc2-c2ccccc2)cc1)c1cccc(-c2ccc(C)nc2C)c1)c1ccccc1. The number of aryl methyl sites for hydroxylation is 2. The Morgan fingerprint density at radius 1 is 0.421 bits per heavy atom. The molecule has 8 rings (SSSR count). The fourth-order valence-electron chi connectivity index (χ4n) is 7.34. The number of aromatic nitrogens is 1. The fourth-order valence-corrected chi connectivity index (χ4v) is 7.34. The first-order chi connectivity index (χ1) is 27.9. The number of benzene rings is 7. The van der Waals surface area contributed by atoms with E-state index in [1.165, 1.54) is 38.9 Å². The Morgan fingerprint density at radius 3 is 1.53 bits per heavy atom. The minimum absolute atomic E-state index is 0.597. The molecule has 0 aliphatic heterocycles. The zero-order valence-corrected chi connectivity index (χ0v) is 32.5. The first kappa shape index (κ1) is 36.7. The van der Waals surface area contributed by atoms with Crippen LogP contribution in [0, 0.1) is 13.8 Å². The highest BCUT2D eigenvalue weighted by atomic mass is 14.9. The van der Waals surface area contributed by atoms with E-state index < -0.39 is 0 Å². The highest BCUT2D eigenvalue weighted by molar-refractivity contribution is 6.13. The molecule has 57 heavy (non-hydrogen) atoms. The highest BCUT2D eigenvalue weighted by Crippen LogP contribution is 2.43. The molecule has 3 heteroatoms. The Hall–Kier alpha value is -7.23. The average Bonchev–Trinajstić information content (AvgIpc) is 3.27. The van der Waals surface area contributed by atoms with Crippen LogP contribution in [0.2, 0.25) is 0 Å². The van der Waals surface area contributed by atoms with Gasteiger partial charge >= 0.3 is 0 Å². The third kappa shape index (κ3) is 8.24. The normalized spacial score (nSPS) is 11.7. The first-order valence-electron chi connectivity index (χ1n) is 19.3. The van der Waals surface area contributed by atoms with Crippen molar-refractivity contribution in [1.82, 2.24) is 4.98 Å². The van der Waals surface area contributed by atoms with Crippen molar-refractivity contribution in [3.8, 4) is 55.6 Å². The molecule has 7 aromatic carbocycles. The lowest BCUT2D eigenvalue weighted by molar-refractivity contribution is 1.13. The van der Waals surface area contributed by atoms with Crippen LogP contribution in [0.1, 0.15) is 35.0 Å². The molecule has 274 valence electrons. The van der Waals surface area contributed by atoms with Crippen LogP contribution in [-0.2, 0) is 0 Å². The standard InChI is InChI=1S/C54H43N3/c1-37-28-33-50(40(4)55-37)47-26-17-27-48(34-47)54(56-38(2)41-18-9-5-10-19-41)57-39(3)42-29-31-46(32-30-42)53-51(44-22-13-7-14-23-44)35-49(43-20-11-6-12-21-43)36-52(53)45-24-15-8-16-25-45/h5-36H,2H2,1,3-4H3/b56-54-,57-39+. The molecule has 0 radical (unpaired) electrons.